The summed E-state index contributed by atoms with van der Waals surface area (Å²) in [6.45, 7) is 4.08. The molecule has 7 heteroatoms. The largest absolute Gasteiger partial charge is 0.447 e. The lowest BCUT2D eigenvalue weighted by Crippen LogP contribution is -2.30. The van der Waals surface area contributed by atoms with Crippen LogP contribution in [0.2, 0.25) is 0 Å². The Morgan fingerprint density at radius 1 is 1.27 bits per heavy atom. The monoisotopic (exact) mass is 322 g/mol. The van der Waals surface area contributed by atoms with Crippen molar-refractivity contribution in [1.29, 1.82) is 5.26 Å². The quantitative estimate of drug-likeness (QED) is 0.564. The third kappa shape index (κ3) is 4.69. The van der Waals surface area contributed by atoms with Crippen LogP contribution in [0.1, 0.15) is 19.4 Å². The number of ether oxygens (including phenoxy) is 1. The molecule has 118 valence electrons. The van der Waals surface area contributed by atoms with E-state index in [1.165, 1.54) is 28.6 Å². The van der Waals surface area contributed by atoms with Gasteiger partial charge >= 0.3 is 5.97 Å². The van der Waals surface area contributed by atoms with Crippen LogP contribution in [0, 0.1) is 11.3 Å². The first kappa shape index (κ1) is 17.9. The third-order valence-electron chi connectivity index (χ3n) is 2.91. The lowest BCUT2D eigenvalue weighted by Gasteiger charge is -2.18. The fraction of sp³-hybridized carbons (Fsp3) is 0.333. The van der Waals surface area contributed by atoms with Crippen molar-refractivity contribution in [1.82, 2.24) is 4.31 Å². The molecule has 0 amide bonds. The molecule has 1 rings (SSSR count). The highest BCUT2D eigenvalue weighted by molar-refractivity contribution is 7.89. The summed E-state index contributed by atoms with van der Waals surface area (Å²) in [5.41, 5.74) is 0.660. The van der Waals surface area contributed by atoms with Crippen molar-refractivity contribution in [3.8, 4) is 6.07 Å². The standard InChI is InChI=1S/C15H18N2O4S/c1-3-17(4-2)22(19,20)14-8-5-13(6-9-14)7-10-15(18)21-12-11-16/h5-10H,3-4,12H2,1-2H3/b10-7+. The zero-order chi connectivity index (χ0) is 16.6. The molecule has 0 fully saturated rings. The maximum absolute atomic E-state index is 12.3. The molecule has 0 unspecified atom stereocenters. The maximum Gasteiger partial charge on any atom is 0.331 e. The van der Waals surface area contributed by atoms with E-state index >= 15 is 0 Å². The fourth-order valence-electron chi connectivity index (χ4n) is 1.78. The van der Waals surface area contributed by atoms with Crippen molar-refractivity contribution in [3.05, 3.63) is 35.9 Å². The van der Waals surface area contributed by atoms with Crippen LogP contribution in [0.4, 0.5) is 0 Å². The van der Waals surface area contributed by atoms with Crippen molar-refractivity contribution >= 4 is 22.1 Å². The third-order valence-corrected chi connectivity index (χ3v) is 4.98. The normalized spacial score (nSPS) is 11.5. The van der Waals surface area contributed by atoms with Gasteiger partial charge in [-0.2, -0.15) is 9.57 Å². The number of carbonyl (C=O) groups excluding carboxylic acids is 1. The summed E-state index contributed by atoms with van der Waals surface area (Å²) >= 11 is 0. The summed E-state index contributed by atoms with van der Waals surface area (Å²) in [6, 6.07) is 7.89. The maximum atomic E-state index is 12.3. The number of rotatable bonds is 7. The molecule has 0 aliphatic rings. The highest BCUT2D eigenvalue weighted by Crippen LogP contribution is 2.16. The second-order valence-corrected chi connectivity index (χ2v) is 6.20. The second-order valence-electron chi connectivity index (χ2n) is 4.26. The van der Waals surface area contributed by atoms with Gasteiger partial charge in [-0.25, -0.2) is 13.2 Å². The molecule has 0 bridgehead atoms. The van der Waals surface area contributed by atoms with E-state index in [2.05, 4.69) is 4.74 Å². The average Bonchev–Trinajstić information content (AvgIpc) is 2.52. The molecule has 22 heavy (non-hydrogen) atoms. The van der Waals surface area contributed by atoms with E-state index in [0.717, 1.165) is 0 Å². The molecule has 0 aliphatic carbocycles. The molecular weight excluding hydrogens is 304 g/mol. The number of hydrogen-bond donors (Lipinski definition) is 0. The first-order valence-corrected chi connectivity index (χ1v) is 8.21. The van der Waals surface area contributed by atoms with Crippen molar-refractivity contribution < 1.29 is 17.9 Å². The van der Waals surface area contributed by atoms with Crippen molar-refractivity contribution in [3.63, 3.8) is 0 Å². The molecule has 0 atom stereocenters. The number of esters is 1. The van der Waals surface area contributed by atoms with E-state index in [4.69, 9.17) is 5.26 Å². The average molecular weight is 322 g/mol. The molecule has 1 aromatic carbocycles. The molecule has 0 N–H and O–H groups in total. The zero-order valence-electron chi connectivity index (χ0n) is 12.5. The van der Waals surface area contributed by atoms with E-state index in [1.807, 2.05) is 0 Å². The van der Waals surface area contributed by atoms with Crippen LogP contribution in [-0.4, -0.2) is 38.4 Å². The van der Waals surface area contributed by atoms with Gasteiger partial charge in [-0.15, -0.1) is 0 Å². The minimum absolute atomic E-state index is 0.209. The number of sulfonamides is 1. The number of nitrogens with zero attached hydrogens (tertiary/aromatic N) is 2. The summed E-state index contributed by atoms with van der Waals surface area (Å²) in [4.78, 5) is 11.4. The van der Waals surface area contributed by atoms with Gasteiger partial charge in [0.2, 0.25) is 10.0 Å². The van der Waals surface area contributed by atoms with Crippen molar-refractivity contribution in [2.75, 3.05) is 19.7 Å². The molecule has 1 aromatic rings. The van der Waals surface area contributed by atoms with Crippen LogP contribution in [-0.2, 0) is 19.6 Å². The molecular formula is C15H18N2O4S. The number of carbonyl (C=O) groups is 1. The van der Waals surface area contributed by atoms with Crippen LogP contribution in [0.15, 0.2) is 35.2 Å². The Balaban J connectivity index is 2.85. The van der Waals surface area contributed by atoms with E-state index in [-0.39, 0.29) is 11.5 Å². The van der Waals surface area contributed by atoms with Gasteiger partial charge in [0.1, 0.15) is 6.07 Å². The van der Waals surface area contributed by atoms with Crippen molar-refractivity contribution in [2.45, 2.75) is 18.7 Å². The summed E-state index contributed by atoms with van der Waals surface area (Å²) < 4.78 is 30.5. The predicted octanol–water partition coefficient (Wildman–Crippen LogP) is 1.80. The fourth-order valence-corrected chi connectivity index (χ4v) is 3.24. The van der Waals surface area contributed by atoms with Gasteiger partial charge in [-0.3, -0.25) is 0 Å². The summed E-state index contributed by atoms with van der Waals surface area (Å²) in [6.07, 6.45) is 2.68. The van der Waals surface area contributed by atoms with Gasteiger partial charge < -0.3 is 4.74 Å². The lowest BCUT2D eigenvalue weighted by atomic mass is 10.2. The highest BCUT2D eigenvalue weighted by Gasteiger charge is 2.20. The van der Waals surface area contributed by atoms with E-state index in [0.29, 0.717) is 18.7 Å². The Labute approximate surface area is 130 Å². The van der Waals surface area contributed by atoms with Gasteiger partial charge in [0.05, 0.1) is 4.90 Å². The molecule has 6 nitrogen and oxygen atoms in total. The summed E-state index contributed by atoms with van der Waals surface area (Å²) in [5.74, 6) is -0.624. The Hall–Kier alpha value is -2.17. The topological polar surface area (TPSA) is 87.5 Å². The molecule has 0 spiro atoms. The van der Waals surface area contributed by atoms with Crippen molar-refractivity contribution in [2.24, 2.45) is 0 Å². The lowest BCUT2D eigenvalue weighted by molar-refractivity contribution is -0.136. The SMILES string of the molecule is CCN(CC)S(=O)(=O)c1ccc(/C=C/C(=O)OCC#N)cc1. The zero-order valence-corrected chi connectivity index (χ0v) is 13.3. The van der Waals surface area contributed by atoms with Crippen LogP contribution >= 0.6 is 0 Å². The first-order valence-electron chi connectivity index (χ1n) is 6.77. The minimum atomic E-state index is -3.48. The van der Waals surface area contributed by atoms with Gasteiger partial charge in [-0.1, -0.05) is 26.0 Å². The molecule has 0 radical (unpaired) electrons. The van der Waals surface area contributed by atoms with Crippen LogP contribution in [0.25, 0.3) is 6.08 Å². The number of benzene rings is 1. The highest BCUT2D eigenvalue weighted by atomic mass is 32.2. The number of nitriles is 1. The minimum Gasteiger partial charge on any atom is -0.447 e. The molecule has 0 saturated carbocycles. The van der Waals surface area contributed by atoms with Crippen LogP contribution < -0.4 is 0 Å². The Morgan fingerprint density at radius 2 is 1.86 bits per heavy atom. The predicted molar refractivity (Wildman–Crippen MR) is 82.2 cm³/mol. The Morgan fingerprint density at radius 3 is 2.36 bits per heavy atom. The van der Waals surface area contributed by atoms with Gasteiger partial charge in [0.25, 0.3) is 0 Å². The summed E-state index contributed by atoms with van der Waals surface area (Å²) in [7, 11) is -3.48. The van der Waals surface area contributed by atoms with Gasteiger partial charge in [-0.05, 0) is 23.8 Å². The second kappa shape index (κ2) is 8.32. The Bertz CT molecular complexity index is 668. The molecule has 0 heterocycles. The van der Waals surface area contributed by atoms with Gasteiger partial charge in [0, 0.05) is 19.2 Å². The smallest absolute Gasteiger partial charge is 0.331 e. The molecule has 0 saturated heterocycles. The number of hydrogen-bond acceptors (Lipinski definition) is 5. The molecule has 0 aromatic heterocycles. The van der Waals surface area contributed by atoms with E-state index < -0.39 is 16.0 Å². The summed E-state index contributed by atoms with van der Waals surface area (Å²) in [5, 5.41) is 8.28. The Kier molecular flexibility index (Phi) is 6.76. The van der Waals surface area contributed by atoms with E-state index in [9.17, 15) is 13.2 Å². The van der Waals surface area contributed by atoms with Crippen LogP contribution in [0.3, 0.4) is 0 Å². The van der Waals surface area contributed by atoms with Gasteiger partial charge in [0.15, 0.2) is 6.61 Å². The first-order chi connectivity index (χ1) is 10.5. The molecule has 0 aliphatic heterocycles. The van der Waals surface area contributed by atoms with E-state index in [1.54, 1.807) is 32.0 Å². The van der Waals surface area contributed by atoms with Crippen LogP contribution in [0.5, 0.6) is 0 Å².